The highest BCUT2D eigenvalue weighted by molar-refractivity contribution is 14.0. The second kappa shape index (κ2) is 12.4. The molecule has 0 aliphatic carbocycles. The normalized spacial score (nSPS) is 11.0. The molecule has 0 amide bonds. The van der Waals surface area contributed by atoms with Crippen molar-refractivity contribution in [3.63, 3.8) is 0 Å². The molecular formula is C24H34IN7O. The lowest BCUT2D eigenvalue weighted by Gasteiger charge is -2.23. The summed E-state index contributed by atoms with van der Waals surface area (Å²) >= 11 is 0. The molecule has 0 bridgehead atoms. The van der Waals surface area contributed by atoms with Crippen LogP contribution in [0.25, 0.3) is 0 Å². The van der Waals surface area contributed by atoms with Crippen molar-refractivity contribution in [1.29, 1.82) is 0 Å². The van der Waals surface area contributed by atoms with Gasteiger partial charge in [-0.15, -0.1) is 34.2 Å². The summed E-state index contributed by atoms with van der Waals surface area (Å²) in [7, 11) is 9.79. The quantitative estimate of drug-likeness (QED) is 0.257. The summed E-state index contributed by atoms with van der Waals surface area (Å²) in [6.45, 7) is 3.78. The fourth-order valence-corrected chi connectivity index (χ4v) is 3.25. The number of guanidine groups is 1. The predicted octanol–water partition coefficient (Wildman–Crippen LogP) is 3.59. The molecule has 1 N–H and O–H groups in total. The van der Waals surface area contributed by atoms with E-state index in [2.05, 4.69) is 63.7 Å². The van der Waals surface area contributed by atoms with Gasteiger partial charge >= 0.3 is 0 Å². The average Bonchev–Trinajstić information content (AvgIpc) is 3.11. The van der Waals surface area contributed by atoms with Crippen molar-refractivity contribution >= 4 is 35.6 Å². The lowest BCUT2D eigenvalue weighted by atomic mass is 10.2. The van der Waals surface area contributed by atoms with Gasteiger partial charge in [-0.05, 0) is 42.3 Å². The first-order valence-electron chi connectivity index (χ1n) is 10.6. The lowest BCUT2D eigenvalue weighted by Crippen LogP contribution is -2.38. The van der Waals surface area contributed by atoms with E-state index in [1.165, 1.54) is 11.3 Å². The van der Waals surface area contributed by atoms with Crippen molar-refractivity contribution in [2.45, 2.75) is 26.6 Å². The zero-order valence-corrected chi connectivity index (χ0v) is 22.6. The third kappa shape index (κ3) is 7.34. The van der Waals surface area contributed by atoms with Crippen LogP contribution in [0.2, 0.25) is 0 Å². The molecule has 33 heavy (non-hydrogen) atoms. The minimum Gasteiger partial charge on any atom is -0.497 e. The van der Waals surface area contributed by atoms with Crippen LogP contribution in [0.1, 0.15) is 22.8 Å². The van der Waals surface area contributed by atoms with Crippen LogP contribution in [0.5, 0.6) is 5.75 Å². The zero-order chi connectivity index (χ0) is 23.1. The number of benzene rings is 2. The Morgan fingerprint density at radius 2 is 1.79 bits per heavy atom. The van der Waals surface area contributed by atoms with Gasteiger partial charge in [0.25, 0.3) is 0 Å². The van der Waals surface area contributed by atoms with Crippen LogP contribution in [0.4, 0.5) is 5.69 Å². The molecule has 0 spiro atoms. The molecular weight excluding hydrogens is 529 g/mol. The van der Waals surface area contributed by atoms with E-state index in [0.29, 0.717) is 13.1 Å². The highest BCUT2D eigenvalue weighted by atomic mass is 127. The van der Waals surface area contributed by atoms with Gasteiger partial charge in [-0.1, -0.05) is 24.3 Å². The average molecular weight is 563 g/mol. The Bertz CT molecular complexity index is 1050. The van der Waals surface area contributed by atoms with E-state index < -0.39 is 0 Å². The van der Waals surface area contributed by atoms with Gasteiger partial charge < -0.3 is 24.4 Å². The molecule has 0 saturated carbocycles. The number of nitrogens with one attached hydrogen (secondary N) is 1. The van der Waals surface area contributed by atoms with Crippen molar-refractivity contribution < 1.29 is 4.74 Å². The standard InChI is InChI=1S/C24H33N7O.HI/c1-18-27-28-23(31(18)5)16-26-24(25-15-19-10-12-22(32-6)13-11-19)30(4)17-20-8-7-9-21(14-20)29(2)3;/h7-14H,15-17H2,1-6H3,(H,25,26);1H. The lowest BCUT2D eigenvalue weighted by molar-refractivity contribution is 0.414. The summed E-state index contributed by atoms with van der Waals surface area (Å²) in [4.78, 5) is 9.11. The summed E-state index contributed by atoms with van der Waals surface area (Å²) in [6, 6.07) is 16.5. The molecule has 8 nitrogen and oxygen atoms in total. The molecule has 3 rings (SSSR count). The van der Waals surface area contributed by atoms with Crippen LogP contribution >= 0.6 is 24.0 Å². The number of ether oxygens (including phenoxy) is 1. The van der Waals surface area contributed by atoms with E-state index in [4.69, 9.17) is 9.73 Å². The van der Waals surface area contributed by atoms with Crippen LogP contribution in [0.3, 0.4) is 0 Å². The fraction of sp³-hybridized carbons (Fsp3) is 0.375. The van der Waals surface area contributed by atoms with E-state index in [-0.39, 0.29) is 24.0 Å². The van der Waals surface area contributed by atoms with E-state index in [0.717, 1.165) is 35.5 Å². The van der Waals surface area contributed by atoms with Crippen LogP contribution in [-0.4, -0.2) is 53.9 Å². The molecule has 1 heterocycles. The number of nitrogens with zero attached hydrogens (tertiary/aromatic N) is 6. The Balaban J connectivity index is 0.00000385. The van der Waals surface area contributed by atoms with Gasteiger partial charge in [0.05, 0.1) is 20.2 Å². The Kier molecular flexibility index (Phi) is 9.95. The monoisotopic (exact) mass is 563 g/mol. The number of hydrogen-bond acceptors (Lipinski definition) is 5. The molecule has 0 atom stereocenters. The highest BCUT2D eigenvalue weighted by Gasteiger charge is 2.11. The molecule has 0 aliphatic heterocycles. The van der Waals surface area contributed by atoms with E-state index in [9.17, 15) is 0 Å². The molecule has 9 heteroatoms. The molecule has 2 aromatic carbocycles. The van der Waals surface area contributed by atoms with Crippen LogP contribution in [0, 0.1) is 6.92 Å². The zero-order valence-electron chi connectivity index (χ0n) is 20.2. The number of anilines is 1. The third-order valence-corrected chi connectivity index (χ3v) is 5.37. The van der Waals surface area contributed by atoms with Crippen LogP contribution in [-0.2, 0) is 26.7 Å². The van der Waals surface area contributed by atoms with Crippen LogP contribution < -0.4 is 15.0 Å². The molecule has 0 aliphatic rings. The first-order chi connectivity index (χ1) is 15.4. The molecule has 0 radical (unpaired) electrons. The minimum atomic E-state index is 0. The summed E-state index contributed by atoms with van der Waals surface area (Å²) in [6.07, 6.45) is 0. The first kappa shape index (κ1) is 26.4. The molecule has 3 aromatic rings. The second-order valence-electron chi connectivity index (χ2n) is 7.98. The van der Waals surface area contributed by atoms with Gasteiger partial charge in [0.2, 0.25) is 0 Å². The molecule has 0 saturated heterocycles. The maximum atomic E-state index is 5.25. The van der Waals surface area contributed by atoms with Gasteiger partial charge in [-0.3, -0.25) is 0 Å². The summed E-state index contributed by atoms with van der Waals surface area (Å²) < 4.78 is 7.23. The van der Waals surface area contributed by atoms with Crippen molar-refractivity contribution in [2.75, 3.05) is 33.2 Å². The summed E-state index contributed by atoms with van der Waals surface area (Å²) in [5, 5.41) is 11.9. The number of methoxy groups -OCH3 is 1. The van der Waals surface area contributed by atoms with Crippen molar-refractivity contribution in [2.24, 2.45) is 12.0 Å². The molecule has 178 valence electrons. The number of aliphatic imine (C=N–C) groups is 1. The maximum absolute atomic E-state index is 5.25. The van der Waals surface area contributed by atoms with Gasteiger partial charge in [-0.2, -0.15) is 0 Å². The number of aryl methyl sites for hydroxylation is 1. The van der Waals surface area contributed by atoms with Crippen LogP contribution in [0.15, 0.2) is 53.5 Å². The third-order valence-electron chi connectivity index (χ3n) is 5.37. The summed E-state index contributed by atoms with van der Waals surface area (Å²) in [5.41, 5.74) is 3.50. The van der Waals surface area contributed by atoms with E-state index in [1.807, 2.05) is 49.9 Å². The first-order valence-corrected chi connectivity index (χ1v) is 10.6. The van der Waals surface area contributed by atoms with Gasteiger partial charge in [0.15, 0.2) is 11.8 Å². The Labute approximate surface area is 213 Å². The highest BCUT2D eigenvalue weighted by Crippen LogP contribution is 2.15. The fourth-order valence-electron chi connectivity index (χ4n) is 3.25. The van der Waals surface area contributed by atoms with Gasteiger partial charge in [0.1, 0.15) is 11.6 Å². The molecule has 0 fully saturated rings. The topological polar surface area (TPSA) is 70.8 Å². The largest absolute Gasteiger partial charge is 0.497 e. The van der Waals surface area contributed by atoms with Crippen molar-refractivity contribution in [3.05, 3.63) is 71.3 Å². The number of halogens is 1. The maximum Gasteiger partial charge on any atom is 0.194 e. The number of hydrogen-bond donors (Lipinski definition) is 1. The molecule has 0 unspecified atom stereocenters. The summed E-state index contributed by atoms with van der Waals surface area (Å²) in [5.74, 6) is 3.39. The second-order valence-corrected chi connectivity index (χ2v) is 7.98. The predicted molar refractivity (Wildman–Crippen MR) is 144 cm³/mol. The Morgan fingerprint density at radius 3 is 2.39 bits per heavy atom. The number of aromatic nitrogens is 3. The van der Waals surface area contributed by atoms with Crippen molar-refractivity contribution in [1.82, 2.24) is 25.0 Å². The van der Waals surface area contributed by atoms with E-state index >= 15 is 0 Å². The smallest absolute Gasteiger partial charge is 0.194 e. The minimum absolute atomic E-state index is 0. The van der Waals surface area contributed by atoms with Gasteiger partial charge in [-0.25, -0.2) is 4.99 Å². The van der Waals surface area contributed by atoms with Gasteiger partial charge in [0, 0.05) is 40.4 Å². The SMILES string of the molecule is COc1ccc(CN=C(NCc2nnc(C)n2C)N(C)Cc2cccc(N(C)C)c2)cc1.I. The number of rotatable bonds is 8. The molecule has 1 aromatic heterocycles. The Morgan fingerprint density at radius 1 is 1.06 bits per heavy atom. The van der Waals surface area contributed by atoms with Crippen molar-refractivity contribution in [3.8, 4) is 5.75 Å². The van der Waals surface area contributed by atoms with E-state index in [1.54, 1.807) is 7.11 Å². The Hall–Kier alpha value is -2.82.